The highest BCUT2D eigenvalue weighted by atomic mass is 32.2. The molecule has 1 atom stereocenters. The maximum atomic E-state index is 12.6. The summed E-state index contributed by atoms with van der Waals surface area (Å²) in [5, 5.41) is 1.09. The van der Waals surface area contributed by atoms with Gasteiger partial charge >= 0.3 is 0 Å². The fourth-order valence-corrected chi connectivity index (χ4v) is 5.92. The lowest BCUT2D eigenvalue weighted by molar-refractivity contribution is -0.133. The van der Waals surface area contributed by atoms with E-state index in [0.717, 1.165) is 29.2 Å². The fourth-order valence-electron chi connectivity index (χ4n) is 3.83. The molecule has 1 aliphatic rings. The molecule has 2 aromatic carbocycles. The van der Waals surface area contributed by atoms with Gasteiger partial charge in [-0.05, 0) is 38.1 Å². The Morgan fingerprint density at radius 2 is 1.78 bits per heavy atom. The Labute approximate surface area is 193 Å². The molecule has 1 amide bonds. The van der Waals surface area contributed by atoms with Gasteiger partial charge in [-0.1, -0.05) is 29.8 Å². The number of amides is 1. The molecule has 170 valence electrons. The summed E-state index contributed by atoms with van der Waals surface area (Å²) in [4.78, 5) is 21.7. The van der Waals surface area contributed by atoms with E-state index < -0.39 is 10.0 Å². The van der Waals surface area contributed by atoms with Gasteiger partial charge in [0, 0.05) is 39.1 Å². The van der Waals surface area contributed by atoms with Gasteiger partial charge in [0.15, 0.2) is 0 Å². The molecule has 4 rings (SSSR count). The van der Waals surface area contributed by atoms with E-state index >= 15 is 0 Å². The van der Waals surface area contributed by atoms with Crippen LogP contribution in [-0.4, -0.2) is 61.8 Å². The second-order valence-corrected chi connectivity index (χ2v) is 10.9. The highest BCUT2D eigenvalue weighted by molar-refractivity contribution is 7.89. The number of aromatic nitrogens is 1. The number of carbonyl (C=O) groups is 1. The van der Waals surface area contributed by atoms with Crippen molar-refractivity contribution in [1.82, 2.24) is 19.5 Å². The molecule has 9 heteroatoms. The smallest absolute Gasteiger partial charge is 0.240 e. The third kappa shape index (κ3) is 5.17. The van der Waals surface area contributed by atoms with Crippen LogP contribution in [0.25, 0.3) is 10.2 Å². The number of aryl methyl sites for hydroxylation is 1. The lowest BCUT2D eigenvalue weighted by Gasteiger charge is -2.37. The summed E-state index contributed by atoms with van der Waals surface area (Å²) >= 11 is 1.72. The fraction of sp³-hybridized carbons (Fsp3) is 0.391. The summed E-state index contributed by atoms with van der Waals surface area (Å²) in [7, 11) is -3.60. The van der Waals surface area contributed by atoms with Crippen LogP contribution in [0, 0.1) is 6.92 Å². The molecule has 0 bridgehead atoms. The maximum Gasteiger partial charge on any atom is 0.240 e. The van der Waals surface area contributed by atoms with E-state index in [1.54, 1.807) is 35.6 Å². The summed E-state index contributed by atoms with van der Waals surface area (Å²) in [5.41, 5.74) is 2.02. The second-order valence-electron chi connectivity index (χ2n) is 8.07. The van der Waals surface area contributed by atoms with Gasteiger partial charge in [-0.25, -0.2) is 18.1 Å². The summed E-state index contributed by atoms with van der Waals surface area (Å²) in [6, 6.07) is 15.0. The Hall–Kier alpha value is -2.33. The zero-order chi connectivity index (χ0) is 22.7. The molecule has 0 radical (unpaired) electrons. The van der Waals surface area contributed by atoms with Gasteiger partial charge in [0.25, 0.3) is 0 Å². The molecule has 0 saturated carbocycles. The molecule has 0 spiro atoms. The van der Waals surface area contributed by atoms with E-state index in [1.165, 1.54) is 4.70 Å². The van der Waals surface area contributed by atoms with Crippen molar-refractivity contribution < 1.29 is 13.2 Å². The molecule has 1 aromatic heterocycles. The number of para-hydroxylation sites is 1. The molecule has 1 saturated heterocycles. The van der Waals surface area contributed by atoms with E-state index in [4.69, 9.17) is 4.98 Å². The molecule has 1 fully saturated rings. The lowest BCUT2D eigenvalue weighted by Crippen LogP contribution is -2.49. The van der Waals surface area contributed by atoms with Gasteiger partial charge in [-0.2, -0.15) is 0 Å². The van der Waals surface area contributed by atoms with Gasteiger partial charge in [0.1, 0.15) is 5.01 Å². The van der Waals surface area contributed by atoms with Crippen molar-refractivity contribution in [2.24, 2.45) is 0 Å². The Bertz CT molecular complexity index is 1150. The normalized spacial score (nSPS) is 16.4. The molecule has 7 nitrogen and oxygen atoms in total. The summed E-state index contributed by atoms with van der Waals surface area (Å²) in [6.45, 7) is 6.99. The number of sulfonamides is 1. The maximum absolute atomic E-state index is 12.6. The third-order valence-electron chi connectivity index (χ3n) is 5.84. The van der Waals surface area contributed by atoms with Crippen molar-refractivity contribution in [3.63, 3.8) is 0 Å². The third-order valence-corrected chi connectivity index (χ3v) is 8.53. The Morgan fingerprint density at radius 1 is 1.09 bits per heavy atom. The SMILES string of the molecule is Cc1ccc(S(=O)(=O)NCCC(=O)N2CCN(C(C)c3nc4ccccc4s3)CC2)cc1. The predicted octanol–water partition coefficient (Wildman–Crippen LogP) is 3.18. The Morgan fingerprint density at radius 3 is 2.47 bits per heavy atom. The number of carbonyl (C=O) groups excluding carboxylic acids is 1. The average molecular weight is 473 g/mol. The van der Waals surface area contributed by atoms with Gasteiger partial charge in [-0.15, -0.1) is 11.3 Å². The van der Waals surface area contributed by atoms with Crippen LogP contribution in [0.3, 0.4) is 0 Å². The largest absolute Gasteiger partial charge is 0.340 e. The van der Waals surface area contributed by atoms with Crippen LogP contribution in [0.5, 0.6) is 0 Å². The number of benzene rings is 2. The number of fused-ring (bicyclic) bond motifs is 1. The van der Waals surface area contributed by atoms with Crippen LogP contribution in [0.2, 0.25) is 0 Å². The number of nitrogens with one attached hydrogen (secondary N) is 1. The monoisotopic (exact) mass is 472 g/mol. The topological polar surface area (TPSA) is 82.6 Å². The second kappa shape index (κ2) is 9.66. The van der Waals surface area contributed by atoms with Gasteiger partial charge < -0.3 is 4.90 Å². The Balaban J connectivity index is 1.25. The number of thiazole rings is 1. The van der Waals surface area contributed by atoms with Crippen molar-refractivity contribution in [2.45, 2.75) is 31.2 Å². The number of rotatable bonds is 7. The highest BCUT2D eigenvalue weighted by Crippen LogP contribution is 2.29. The van der Waals surface area contributed by atoms with Crippen LogP contribution in [0.1, 0.15) is 30.0 Å². The molecule has 1 aliphatic heterocycles. The van der Waals surface area contributed by atoms with Crippen molar-refractivity contribution in [3.8, 4) is 0 Å². The molecule has 0 aliphatic carbocycles. The first-order valence-corrected chi connectivity index (χ1v) is 13.1. The average Bonchev–Trinajstić information content (AvgIpc) is 3.23. The zero-order valence-corrected chi connectivity index (χ0v) is 20.0. The Kier molecular flexibility index (Phi) is 6.90. The van der Waals surface area contributed by atoms with Crippen molar-refractivity contribution in [1.29, 1.82) is 0 Å². The first kappa shape index (κ1) is 22.8. The van der Waals surface area contributed by atoms with Crippen LogP contribution < -0.4 is 4.72 Å². The number of hydrogen-bond donors (Lipinski definition) is 1. The minimum atomic E-state index is -3.60. The first-order chi connectivity index (χ1) is 15.3. The quantitative estimate of drug-likeness (QED) is 0.571. The molecule has 1 N–H and O–H groups in total. The van der Waals surface area contributed by atoms with Crippen LogP contribution in [-0.2, 0) is 14.8 Å². The molecule has 3 aromatic rings. The van der Waals surface area contributed by atoms with Gasteiger partial charge in [0.2, 0.25) is 15.9 Å². The van der Waals surface area contributed by atoms with Crippen LogP contribution in [0.4, 0.5) is 0 Å². The number of hydrogen-bond acceptors (Lipinski definition) is 6. The van der Waals surface area contributed by atoms with Crippen molar-refractivity contribution in [3.05, 3.63) is 59.1 Å². The first-order valence-electron chi connectivity index (χ1n) is 10.8. The van der Waals surface area contributed by atoms with E-state index in [0.29, 0.717) is 13.1 Å². The summed E-state index contributed by atoms with van der Waals surface area (Å²) in [6.07, 6.45) is 0.151. The standard InChI is InChI=1S/C23H28N4O3S2/c1-17-7-9-19(10-8-17)32(29,30)24-12-11-22(28)27-15-13-26(14-16-27)18(2)23-25-20-5-3-4-6-21(20)31-23/h3-10,18,24H,11-16H2,1-2H3. The van der Waals surface area contributed by atoms with E-state index in [2.05, 4.69) is 22.6 Å². The summed E-state index contributed by atoms with van der Waals surface area (Å²) < 4.78 is 28.5. The minimum Gasteiger partial charge on any atom is -0.340 e. The van der Waals surface area contributed by atoms with Crippen LogP contribution >= 0.6 is 11.3 Å². The van der Waals surface area contributed by atoms with E-state index in [9.17, 15) is 13.2 Å². The van der Waals surface area contributed by atoms with Gasteiger partial charge in [-0.3, -0.25) is 9.69 Å². The molecular formula is C23H28N4O3S2. The summed E-state index contributed by atoms with van der Waals surface area (Å²) in [5.74, 6) is -0.0242. The molecule has 2 heterocycles. The zero-order valence-electron chi connectivity index (χ0n) is 18.3. The lowest BCUT2D eigenvalue weighted by atomic mass is 10.2. The number of piperazine rings is 1. The van der Waals surface area contributed by atoms with E-state index in [1.807, 2.05) is 30.0 Å². The highest BCUT2D eigenvalue weighted by Gasteiger charge is 2.26. The minimum absolute atomic E-state index is 0.0242. The molecular weight excluding hydrogens is 444 g/mol. The van der Waals surface area contributed by atoms with Crippen molar-refractivity contribution in [2.75, 3.05) is 32.7 Å². The molecule has 1 unspecified atom stereocenters. The van der Waals surface area contributed by atoms with Crippen LogP contribution in [0.15, 0.2) is 53.4 Å². The predicted molar refractivity (Wildman–Crippen MR) is 127 cm³/mol. The molecule has 32 heavy (non-hydrogen) atoms. The van der Waals surface area contributed by atoms with Gasteiger partial charge in [0.05, 0.1) is 21.2 Å². The van der Waals surface area contributed by atoms with Crippen molar-refractivity contribution >= 4 is 37.5 Å². The number of nitrogens with zero attached hydrogens (tertiary/aromatic N) is 3. The van der Waals surface area contributed by atoms with E-state index in [-0.39, 0.29) is 29.8 Å².